The van der Waals surface area contributed by atoms with E-state index < -0.39 is 5.97 Å². The van der Waals surface area contributed by atoms with Gasteiger partial charge in [-0.1, -0.05) is 11.6 Å². The number of carboxylic acids is 1. The summed E-state index contributed by atoms with van der Waals surface area (Å²) in [7, 11) is 0. The number of nitrogens with zero attached hydrogens (tertiary/aromatic N) is 4. The Kier molecular flexibility index (Phi) is 3.04. The zero-order valence-electron chi connectivity index (χ0n) is 10.1. The van der Waals surface area contributed by atoms with E-state index in [9.17, 15) is 4.79 Å². The van der Waals surface area contributed by atoms with Crippen LogP contribution in [0.5, 0.6) is 0 Å². The van der Waals surface area contributed by atoms with E-state index >= 15 is 0 Å². The van der Waals surface area contributed by atoms with Crippen LogP contribution in [0.2, 0.25) is 5.02 Å². The number of carbonyl (C=O) groups is 1. The Balaban J connectivity index is 2.63. The molecule has 0 aromatic carbocycles. The normalized spacial score (nSPS) is 10.7. The van der Waals surface area contributed by atoms with Crippen LogP contribution < -0.4 is 0 Å². The molecule has 18 heavy (non-hydrogen) atoms. The first-order valence-corrected chi connectivity index (χ1v) is 5.59. The van der Waals surface area contributed by atoms with Gasteiger partial charge in [-0.15, -0.1) is 0 Å². The molecule has 0 aliphatic carbocycles. The molecule has 0 unspecified atom stereocenters. The van der Waals surface area contributed by atoms with Crippen molar-refractivity contribution >= 4 is 17.6 Å². The largest absolute Gasteiger partial charge is 0.477 e. The Hall–Kier alpha value is -1.95. The molecular formula is C11H11ClN4O2. The summed E-state index contributed by atoms with van der Waals surface area (Å²) in [6, 6.07) is 1.40. The summed E-state index contributed by atoms with van der Waals surface area (Å²) in [6.07, 6.45) is 0. The van der Waals surface area contributed by atoms with E-state index in [1.54, 1.807) is 20.8 Å². The summed E-state index contributed by atoms with van der Waals surface area (Å²) in [5, 5.41) is 13.7. The Morgan fingerprint density at radius 1 is 1.33 bits per heavy atom. The predicted molar refractivity (Wildman–Crippen MR) is 65.3 cm³/mol. The molecule has 0 atom stereocenters. The number of aromatic nitrogens is 4. The molecule has 0 radical (unpaired) electrons. The lowest BCUT2D eigenvalue weighted by Crippen LogP contribution is -2.10. The molecule has 0 spiro atoms. The van der Waals surface area contributed by atoms with Crippen LogP contribution in [-0.4, -0.2) is 30.8 Å². The van der Waals surface area contributed by atoms with E-state index in [4.69, 9.17) is 16.7 Å². The summed E-state index contributed by atoms with van der Waals surface area (Å²) in [5.74, 6) is -0.894. The number of hydrogen-bond acceptors (Lipinski definition) is 4. The van der Waals surface area contributed by atoms with Crippen LogP contribution in [0.15, 0.2) is 6.07 Å². The van der Waals surface area contributed by atoms with Crippen molar-refractivity contribution in [2.75, 3.05) is 0 Å². The highest BCUT2D eigenvalue weighted by Crippen LogP contribution is 2.21. The Bertz CT molecular complexity index is 636. The molecule has 2 rings (SSSR count). The van der Waals surface area contributed by atoms with Crippen LogP contribution in [0.1, 0.15) is 27.6 Å². The van der Waals surface area contributed by atoms with Crippen molar-refractivity contribution in [3.8, 4) is 5.95 Å². The molecule has 2 aromatic heterocycles. The highest BCUT2D eigenvalue weighted by molar-refractivity contribution is 6.31. The van der Waals surface area contributed by atoms with Gasteiger partial charge in [-0.05, 0) is 26.8 Å². The molecule has 94 valence electrons. The fourth-order valence-electron chi connectivity index (χ4n) is 1.58. The van der Waals surface area contributed by atoms with Crippen molar-refractivity contribution in [1.82, 2.24) is 19.7 Å². The fourth-order valence-corrected chi connectivity index (χ4v) is 1.69. The highest BCUT2D eigenvalue weighted by atomic mass is 35.5. The standard InChI is InChI=1S/C11H11ClN4O2/c1-5-4-8(10(17)18)14-11(13-5)16-7(3)9(12)6(2)15-16/h4H,1-3H3,(H,17,18). The molecule has 0 aliphatic rings. The number of carboxylic acid groups (broad SMARTS) is 1. The van der Waals surface area contributed by atoms with Crippen molar-refractivity contribution in [3.63, 3.8) is 0 Å². The van der Waals surface area contributed by atoms with E-state index in [2.05, 4.69) is 15.1 Å². The lowest BCUT2D eigenvalue weighted by Gasteiger charge is -2.04. The lowest BCUT2D eigenvalue weighted by atomic mass is 10.3. The van der Waals surface area contributed by atoms with Crippen molar-refractivity contribution in [2.24, 2.45) is 0 Å². The topological polar surface area (TPSA) is 80.9 Å². The molecule has 0 saturated heterocycles. The van der Waals surface area contributed by atoms with Gasteiger partial charge in [0.25, 0.3) is 5.95 Å². The summed E-state index contributed by atoms with van der Waals surface area (Å²) >= 11 is 6.04. The van der Waals surface area contributed by atoms with Gasteiger partial charge >= 0.3 is 5.97 Å². The summed E-state index contributed by atoms with van der Waals surface area (Å²) in [6.45, 7) is 5.24. The Morgan fingerprint density at radius 2 is 2.00 bits per heavy atom. The van der Waals surface area contributed by atoms with E-state index in [0.29, 0.717) is 22.1 Å². The summed E-state index contributed by atoms with van der Waals surface area (Å²) < 4.78 is 1.44. The molecule has 0 aliphatic heterocycles. The quantitative estimate of drug-likeness (QED) is 0.898. The number of rotatable bonds is 2. The third kappa shape index (κ3) is 2.06. The smallest absolute Gasteiger partial charge is 0.354 e. The van der Waals surface area contributed by atoms with E-state index in [1.807, 2.05) is 0 Å². The van der Waals surface area contributed by atoms with Crippen LogP contribution in [0.25, 0.3) is 5.95 Å². The maximum Gasteiger partial charge on any atom is 0.354 e. The fraction of sp³-hybridized carbons (Fsp3) is 0.273. The molecule has 2 heterocycles. The first kappa shape index (κ1) is 12.5. The minimum atomic E-state index is -1.10. The van der Waals surface area contributed by atoms with E-state index in [1.165, 1.54) is 10.7 Å². The van der Waals surface area contributed by atoms with Gasteiger partial charge in [-0.2, -0.15) is 5.10 Å². The lowest BCUT2D eigenvalue weighted by molar-refractivity contribution is 0.0690. The molecular weight excluding hydrogens is 256 g/mol. The first-order chi connectivity index (χ1) is 8.40. The number of aryl methyl sites for hydroxylation is 2. The summed E-state index contributed by atoms with van der Waals surface area (Å²) in [5.41, 5.74) is 1.81. The second-order valence-corrected chi connectivity index (χ2v) is 4.27. The van der Waals surface area contributed by atoms with Crippen molar-refractivity contribution in [3.05, 3.63) is 33.9 Å². The second kappa shape index (κ2) is 4.38. The van der Waals surface area contributed by atoms with Crippen LogP contribution in [0.4, 0.5) is 0 Å². The van der Waals surface area contributed by atoms with Crippen molar-refractivity contribution < 1.29 is 9.90 Å². The molecule has 0 saturated carbocycles. The molecule has 0 amide bonds. The predicted octanol–water partition coefficient (Wildman–Crippen LogP) is 1.94. The maximum absolute atomic E-state index is 10.9. The minimum Gasteiger partial charge on any atom is -0.477 e. The van der Waals surface area contributed by atoms with Gasteiger partial charge in [-0.3, -0.25) is 0 Å². The molecule has 2 aromatic rings. The van der Waals surface area contributed by atoms with Gasteiger partial charge in [0.2, 0.25) is 0 Å². The maximum atomic E-state index is 10.9. The molecule has 0 fully saturated rings. The van der Waals surface area contributed by atoms with Gasteiger partial charge < -0.3 is 5.11 Å². The van der Waals surface area contributed by atoms with Crippen LogP contribution in [-0.2, 0) is 0 Å². The average Bonchev–Trinajstić information content (AvgIpc) is 2.56. The van der Waals surface area contributed by atoms with E-state index in [-0.39, 0.29) is 11.6 Å². The van der Waals surface area contributed by atoms with Crippen LogP contribution in [0, 0.1) is 20.8 Å². The minimum absolute atomic E-state index is 0.0684. The van der Waals surface area contributed by atoms with Gasteiger partial charge in [-0.25, -0.2) is 19.4 Å². The molecule has 7 heteroatoms. The number of hydrogen-bond donors (Lipinski definition) is 1. The van der Waals surface area contributed by atoms with Crippen LogP contribution in [0.3, 0.4) is 0 Å². The Labute approximate surface area is 108 Å². The number of aromatic carboxylic acids is 1. The second-order valence-electron chi connectivity index (χ2n) is 3.90. The zero-order valence-corrected chi connectivity index (χ0v) is 10.9. The Morgan fingerprint density at radius 3 is 2.50 bits per heavy atom. The summed E-state index contributed by atoms with van der Waals surface area (Å²) in [4.78, 5) is 19.1. The highest BCUT2D eigenvalue weighted by Gasteiger charge is 2.15. The van der Waals surface area contributed by atoms with E-state index in [0.717, 1.165) is 0 Å². The number of halogens is 1. The molecule has 1 N–H and O–H groups in total. The molecule has 6 nitrogen and oxygen atoms in total. The third-order valence-electron chi connectivity index (χ3n) is 2.45. The molecule has 0 bridgehead atoms. The third-order valence-corrected chi connectivity index (χ3v) is 3.00. The van der Waals surface area contributed by atoms with Crippen molar-refractivity contribution in [1.29, 1.82) is 0 Å². The van der Waals surface area contributed by atoms with Crippen molar-refractivity contribution in [2.45, 2.75) is 20.8 Å². The van der Waals surface area contributed by atoms with Gasteiger partial charge in [0, 0.05) is 5.69 Å². The average molecular weight is 267 g/mol. The SMILES string of the molecule is Cc1cc(C(=O)O)nc(-n2nc(C)c(Cl)c2C)n1. The first-order valence-electron chi connectivity index (χ1n) is 5.21. The zero-order chi connectivity index (χ0) is 13.4. The van der Waals surface area contributed by atoms with Gasteiger partial charge in [0.15, 0.2) is 5.69 Å². The monoisotopic (exact) mass is 266 g/mol. The van der Waals surface area contributed by atoms with Crippen LogP contribution >= 0.6 is 11.6 Å². The van der Waals surface area contributed by atoms with Gasteiger partial charge in [0.05, 0.1) is 16.4 Å². The van der Waals surface area contributed by atoms with Gasteiger partial charge in [0.1, 0.15) is 0 Å².